The van der Waals surface area contributed by atoms with Crippen LogP contribution in [0.3, 0.4) is 0 Å². The molecule has 1 aromatic carbocycles. The highest BCUT2D eigenvalue weighted by Crippen LogP contribution is 2.26. The maximum absolute atomic E-state index is 13.1. The van der Waals surface area contributed by atoms with Crippen LogP contribution in [0.25, 0.3) is 0 Å². The van der Waals surface area contributed by atoms with Gasteiger partial charge in [0.15, 0.2) is 0 Å². The third kappa shape index (κ3) is 4.39. The van der Waals surface area contributed by atoms with Gasteiger partial charge in [-0.1, -0.05) is 11.6 Å². The summed E-state index contributed by atoms with van der Waals surface area (Å²) in [5.41, 5.74) is 5.07. The quantitative estimate of drug-likeness (QED) is 0.480. The van der Waals surface area contributed by atoms with Crippen molar-refractivity contribution < 1.29 is 12.8 Å². The number of nitrogen functional groups attached to an aromatic ring is 1. The highest BCUT2D eigenvalue weighted by Gasteiger charge is 2.19. The van der Waals surface area contributed by atoms with Crippen LogP contribution in [-0.4, -0.2) is 15.0 Å². The van der Waals surface area contributed by atoms with Crippen LogP contribution in [0.15, 0.2) is 17.0 Å². The number of unbranched alkanes of at least 4 members (excludes halogenated alkanes) is 2. The van der Waals surface area contributed by atoms with Gasteiger partial charge in [0.25, 0.3) is 0 Å². The van der Waals surface area contributed by atoms with Gasteiger partial charge < -0.3 is 5.73 Å². The topological polar surface area (TPSA) is 72.2 Å². The van der Waals surface area contributed by atoms with Crippen molar-refractivity contribution in [1.29, 1.82) is 0 Å². The van der Waals surface area contributed by atoms with Crippen LogP contribution in [0.2, 0.25) is 5.02 Å². The van der Waals surface area contributed by atoms with E-state index in [1.807, 2.05) is 0 Å². The molecule has 0 fully saturated rings. The van der Waals surface area contributed by atoms with E-state index in [4.69, 9.17) is 23.8 Å². The first kappa shape index (κ1) is 15.8. The van der Waals surface area contributed by atoms with Crippen molar-refractivity contribution >= 4 is 27.3 Å². The number of halogens is 2. The monoisotopic (exact) mass is 304 g/mol. The minimum absolute atomic E-state index is 0.206. The van der Waals surface area contributed by atoms with Crippen molar-refractivity contribution in [2.24, 2.45) is 0 Å². The summed E-state index contributed by atoms with van der Waals surface area (Å²) in [6.45, 7) is 0.234. The second-order valence-electron chi connectivity index (χ2n) is 3.86. The molecule has 0 bridgehead atoms. The lowest BCUT2D eigenvalue weighted by Crippen LogP contribution is -2.25. The summed E-state index contributed by atoms with van der Waals surface area (Å²) in [6, 6.07) is 1.88. The SMILES string of the molecule is C#CCCCCNS(=O)(=O)c1cc(N)c(F)cc1Cl. The second-order valence-corrected chi connectivity index (χ2v) is 6.01. The predicted octanol–water partition coefficient (Wildman–Crippen LogP) is 2.14. The number of nitrogens with one attached hydrogen (secondary N) is 1. The van der Waals surface area contributed by atoms with Gasteiger partial charge in [-0.3, -0.25) is 0 Å². The van der Waals surface area contributed by atoms with Gasteiger partial charge in [-0.15, -0.1) is 12.3 Å². The van der Waals surface area contributed by atoms with Crippen LogP contribution in [0, 0.1) is 18.2 Å². The molecule has 0 amide bonds. The maximum Gasteiger partial charge on any atom is 0.242 e. The fourth-order valence-corrected chi connectivity index (χ4v) is 3.01. The third-order valence-electron chi connectivity index (χ3n) is 2.38. The molecule has 0 radical (unpaired) electrons. The molecule has 0 saturated heterocycles. The lowest BCUT2D eigenvalue weighted by atomic mass is 10.2. The zero-order valence-electron chi connectivity index (χ0n) is 10.1. The summed E-state index contributed by atoms with van der Waals surface area (Å²) in [7, 11) is -3.80. The average Bonchev–Trinajstić information content (AvgIpc) is 2.33. The molecular formula is C12H14ClFN2O2S. The molecule has 0 spiro atoms. The average molecular weight is 305 g/mol. The minimum Gasteiger partial charge on any atom is -0.396 e. The summed E-state index contributed by atoms with van der Waals surface area (Å²) < 4.78 is 39.3. The molecule has 4 nitrogen and oxygen atoms in total. The molecule has 3 N–H and O–H groups in total. The van der Waals surface area contributed by atoms with Crippen molar-refractivity contribution in [3.63, 3.8) is 0 Å². The first-order valence-electron chi connectivity index (χ1n) is 5.56. The van der Waals surface area contributed by atoms with E-state index < -0.39 is 15.8 Å². The van der Waals surface area contributed by atoms with Gasteiger partial charge in [-0.2, -0.15) is 0 Å². The Morgan fingerprint density at radius 3 is 2.74 bits per heavy atom. The Morgan fingerprint density at radius 1 is 1.42 bits per heavy atom. The lowest BCUT2D eigenvalue weighted by Gasteiger charge is -2.09. The lowest BCUT2D eigenvalue weighted by molar-refractivity contribution is 0.577. The molecule has 104 valence electrons. The molecule has 0 aliphatic rings. The number of sulfonamides is 1. The van der Waals surface area contributed by atoms with Crippen LogP contribution in [0.4, 0.5) is 10.1 Å². The van der Waals surface area contributed by atoms with Crippen LogP contribution in [0.5, 0.6) is 0 Å². The Bertz CT molecular complexity index is 596. The number of benzene rings is 1. The van der Waals surface area contributed by atoms with E-state index in [2.05, 4.69) is 10.6 Å². The minimum atomic E-state index is -3.80. The summed E-state index contributed by atoms with van der Waals surface area (Å²) in [5, 5.41) is -0.206. The van der Waals surface area contributed by atoms with Crippen molar-refractivity contribution in [2.75, 3.05) is 12.3 Å². The van der Waals surface area contributed by atoms with Gasteiger partial charge in [0, 0.05) is 13.0 Å². The van der Waals surface area contributed by atoms with E-state index in [9.17, 15) is 12.8 Å². The molecule has 1 rings (SSSR count). The van der Waals surface area contributed by atoms with Crippen molar-refractivity contribution in [2.45, 2.75) is 24.2 Å². The highest BCUT2D eigenvalue weighted by molar-refractivity contribution is 7.89. The maximum atomic E-state index is 13.1. The Kier molecular flexibility index (Phi) is 5.60. The van der Waals surface area contributed by atoms with Crippen molar-refractivity contribution in [1.82, 2.24) is 4.72 Å². The van der Waals surface area contributed by atoms with Crippen molar-refractivity contribution in [3.05, 3.63) is 23.0 Å². The van der Waals surface area contributed by atoms with E-state index in [-0.39, 0.29) is 22.2 Å². The molecule has 0 unspecified atom stereocenters. The Morgan fingerprint density at radius 2 is 2.11 bits per heavy atom. The number of hydrogen-bond donors (Lipinski definition) is 2. The standard InChI is InChI=1S/C12H14ClFN2O2S/c1-2-3-4-5-6-16-19(17,18)12-8-11(15)10(14)7-9(12)13/h1,7-8,16H,3-6,15H2. The molecule has 19 heavy (non-hydrogen) atoms. The predicted molar refractivity (Wildman–Crippen MR) is 73.7 cm³/mol. The van der Waals surface area contributed by atoms with Gasteiger partial charge in [0.1, 0.15) is 10.7 Å². The molecule has 0 aromatic heterocycles. The van der Waals surface area contributed by atoms with Gasteiger partial charge >= 0.3 is 0 Å². The van der Waals surface area contributed by atoms with E-state index in [1.165, 1.54) is 0 Å². The Hall–Kier alpha value is -1.29. The molecular weight excluding hydrogens is 291 g/mol. The molecule has 0 saturated carbocycles. The summed E-state index contributed by atoms with van der Waals surface area (Å²) in [4.78, 5) is -0.231. The number of hydrogen-bond acceptors (Lipinski definition) is 3. The number of terminal acetylenes is 1. The van der Waals surface area contributed by atoms with Gasteiger partial charge in [0.2, 0.25) is 10.0 Å². The largest absolute Gasteiger partial charge is 0.396 e. The zero-order valence-corrected chi connectivity index (χ0v) is 11.7. The molecule has 7 heteroatoms. The van der Waals surface area contributed by atoms with Crippen molar-refractivity contribution in [3.8, 4) is 12.3 Å². The van der Waals surface area contributed by atoms with E-state index >= 15 is 0 Å². The molecule has 1 aromatic rings. The first-order valence-corrected chi connectivity index (χ1v) is 7.42. The molecule has 0 aliphatic carbocycles. The van der Waals surface area contributed by atoms with Gasteiger partial charge in [-0.25, -0.2) is 17.5 Å². The second kappa shape index (κ2) is 6.75. The van der Waals surface area contributed by atoms with Crippen LogP contribution in [0.1, 0.15) is 19.3 Å². The summed E-state index contributed by atoms with van der Waals surface area (Å²) >= 11 is 5.71. The van der Waals surface area contributed by atoms with E-state index in [0.29, 0.717) is 12.8 Å². The van der Waals surface area contributed by atoms with Crippen LogP contribution in [-0.2, 0) is 10.0 Å². The fourth-order valence-electron chi connectivity index (χ4n) is 1.39. The van der Waals surface area contributed by atoms with Gasteiger partial charge in [-0.05, 0) is 25.0 Å². The normalized spacial score (nSPS) is 11.2. The summed E-state index contributed by atoms with van der Waals surface area (Å²) in [5.74, 6) is 1.71. The van der Waals surface area contributed by atoms with Crippen LogP contribution < -0.4 is 10.5 Å². The highest BCUT2D eigenvalue weighted by atomic mass is 35.5. The summed E-state index contributed by atoms with van der Waals surface area (Å²) in [6.07, 6.45) is 7.00. The van der Waals surface area contributed by atoms with Crippen LogP contribution >= 0.6 is 11.6 Å². The zero-order chi connectivity index (χ0) is 14.5. The fraction of sp³-hybridized carbons (Fsp3) is 0.333. The third-order valence-corrected chi connectivity index (χ3v) is 4.31. The van der Waals surface area contributed by atoms with E-state index in [1.54, 1.807) is 0 Å². The smallest absolute Gasteiger partial charge is 0.242 e. The number of nitrogens with two attached hydrogens (primary N) is 1. The Balaban J connectivity index is 2.78. The molecule has 0 heterocycles. The van der Waals surface area contributed by atoms with Gasteiger partial charge in [0.05, 0.1) is 10.7 Å². The number of rotatable bonds is 6. The molecule has 0 atom stereocenters. The van der Waals surface area contributed by atoms with E-state index in [0.717, 1.165) is 18.6 Å². The molecule has 0 aliphatic heterocycles. The first-order chi connectivity index (χ1) is 8.88. The Labute approximate surface area is 117 Å². The number of anilines is 1.